The van der Waals surface area contributed by atoms with E-state index in [1.807, 2.05) is 13.8 Å². The molecule has 2 amide bonds. The summed E-state index contributed by atoms with van der Waals surface area (Å²) in [4.78, 5) is 23.3. The van der Waals surface area contributed by atoms with Crippen molar-refractivity contribution >= 4 is 17.5 Å². The SMILES string of the molecule is CC(=O)NCc1ccc(C(=O)Nc2cc(F)ccc2OC(C)C)cc1. The molecule has 2 rings (SSSR count). The Bertz CT molecular complexity index is 758. The van der Waals surface area contributed by atoms with Crippen molar-refractivity contribution in [3.05, 3.63) is 59.4 Å². The van der Waals surface area contributed by atoms with E-state index in [-0.39, 0.29) is 23.6 Å². The highest BCUT2D eigenvalue weighted by atomic mass is 19.1. The van der Waals surface area contributed by atoms with Crippen LogP contribution in [0.2, 0.25) is 0 Å². The molecule has 0 saturated heterocycles. The lowest BCUT2D eigenvalue weighted by Crippen LogP contribution is -2.19. The summed E-state index contributed by atoms with van der Waals surface area (Å²) in [5, 5.41) is 5.35. The van der Waals surface area contributed by atoms with Gasteiger partial charge in [-0.15, -0.1) is 0 Å². The molecule has 0 bridgehead atoms. The van der Waals surface area contributed by atoms with Gasteiger partial charge in [0.05, 0.1) is 11.8 Å². The van der Waals surface area contributed by atoms with E-state index in [2.05, 4.69) is 10.6 Å². The third-order valence-electron chi connectivity index (χ3n) is 3.31. The molecule has 0 radical (unpaired) electrons. The van der Waals surface area contributed by atoms with Gasteiger partial charge in [0.15, 0.2) is 0 Å². The molecule has 0 spiro atoms. The Morgan fingerprint density at radius 1 is 1.12 bits per heavy atom. The highest BCUT2D eigenvalue weighted by Crippen LogP contribution is 2.27. The topological polar surface area (TPSA) is 67.4 Å². The van der Waals surface area contributed by atoms with Crippen molar-refractivity contribution in [1.29, 1.82) is 0 Å². The van der Waals surface area contributed by atoms with Crippen LogP contribution in [0.15, 0.2) is 42.5 Å². The summed E-state index contributed by atoms with van der Waals surface area (Å²) in [5.41, 5.74) is 1.58. The summed E-state index contributed by atoms with van der Waals surface area (Å²) in [6, 6.07) is 10.8. The number of amides is 2. The second-order valence-corrected chi connectivity index (χ2v) is 5.87. The summed E-state index contributed by atoms with van der Waals surface area (Å²) < 4.78 is 19.1. The van der Waals surface area contributed by atoms with E-state index in [1.165, 1.54) is 25.1 Å². The van der Waals surface area contributed by atoms with E-state index in [1.54, 1.807) is 24.3 Å². The number of anilines is 1. The Morgan fingerprint density at radius 2 is 1.80 bits per heavy atom. The van der Waals surface area contributed by atoms with Crippen LogP contribution in [0, 0.1) is 5.82 Å². The maximum absolute atomic E-state index is 13.5. The van der Waals surface area contributed by atoms with Gasteiger partial charge in [-0.05, 0) is 43.7 Å². The van der Waals surface area contributed by atoms with Crippen molar-refractivity contribution in [2.24, 2.45) is 0 Å². The zero-order valence-electron chi connectivity index (χ0n) is 14.4. The van der Waals surface area contributed by atoms with Gasteiger partial charge in [-0.25, -0.2) is 4.39 Å². The molecule has 0 aliphatic carbocycles. The first-order valence-electron chi connectivity index (χ1n) is 7.96. The predicted octanol–water partition coefficient (Wildman–Crippen LogP) is 3.50. The summed E-state index contributed by atoms with van der Waals surface area (Å²) in [7, 11) is 0. The van der Waals surface area contributed by atoms with Gasteiger partial charge in [0.25, 0.3) is 5.91 Å². The Kier molecular flexibility index (Phi) is 6.11. The Hall–Kier alpha value is -2.89. The van der Waals surface area contributed by atoms with Gasteiger partial charge < -0.3 is 15.4 Å². The molecule has 0 atom stereocenters. The highest BCUT2D eigenvalue weighted by Gasteiger charge is 2.12. The Labute approximate surface area is 146 Å². The Balaban J connectivity index is 2.11. The number of carbonyl (C=O) groups excluding carboxylic acids is 2. The van der Waals surface area contributed by atoms with Gasteiger partial charge in [-0.3, -0.25) is 9.59 Å². The van der Waals surface area contributed by atoms with Crippen molar-refractivity contribution < 1.29 is 18.7 Å². The summed E-state index contributed by atoms with van der Waals surface area (Å²) in [5.74, 6) is -0.542. The molecule has 0 fully saturated rings. The second-order valence-electron chi connectivity index (χ2n) is 5.87. The quantitative estimate of drug-likeness (QED) is 0.843. The second kappa shape index (κ2) is 8.28. The normalized spacial score (nSPS) is 10.4. The van der Waals surface area contributed by atoms with E-state index in [0.29, 0.717) is 17.9 Å². The van der Waals surface area contributed by atoms with E-state index >= 15 is 0 Å². The zero-order valence-corrected chi connectivity index (χ0v) is 14.4. The first kappa shape index (κ1) is 18.4. The molecule has 2 N–H and O–H groups in total. The third-order valence-corrected chi connectivity index (χ3v) is 3.31. The molecule has 0 heterocycles. The Morgan fingerprint density at radius 3 is 2.40 bits per heavy atom. The van der Waals surface area contributed by atoms with Crippen LogP contribution >= 0.6 is 0 Å². The molecule has 0 aliphatic rings. The number of nitrogens with one attached hydrogen (secondary N) is 2. The van der Waals surface area contributed by atoms with Crippen LogP contribution in [0.4, 0.5) is 10.1 Å². The standard InChI is InChI=1S/C19H21FN2O3/c1-12(2)25-18-9-8-16(20)10-17(18)22-19(24)15-6-4-14(5-7-15)11-21-13(3)23/h4-10,12H,11H2,1-3H3,(H,21,23)(H,22,24). The number of rotatable bonds is 6. The minimum atomic E-state index is -0.461. The van der Waals surface area contributed by atoms with E-state index in [4.69, 9.17) is 4.74 Å². The first-order valence-corrected chi connectivity index (χ1v) is 7.96. The molecule has 0 aromatic heterocycles. The summed E-state index contributed by atoms with van der Waals surface area (Å²) in [6.45, 7) is 5.54. The van der Waals surface area contributed by atoms with E-state index in [0.717, 1.165) is 5.56 Å². The van der Waals surface area contributed by atoms with Gasteiger partial charge in [-0.2, -0.15) is 0 Å². The number of hydrogen-bond donors (Lipinski definition) is 2. The van der Waals surface area contributed by atoms with Crippen LogP contribution in [0.5, 0.6) is 5.75 Å². The van der Waals surface area contributed by atoms with E-state index < -0.39 is 5.82 Å². The van der Waals surface area contributed by atoms with Crippen LogP contribution in [-0.2, 0) is 11.3 Å². The number of benzene rings is 2. The van der Waals surface area contributed by atoms with Gasteiger partial charge >= 0.3 is 0 Å². The van der Waals surface area contributed by atoms with Gasteiger partial charge in [0.1, 0.15) is 11.6 Å². The molecule has 0 saturated carbocycles. The maximum atomic E-state index is 13.5. The third kappa shape index (κ3) is 5.60. The van der Waals surface area contributed by atoms with Crippen molar-refractivity contribution in [2.75, 3.05) is 5.32 Å². The molecule has 25 heavy (non-hydrogen) atoms. The molecule has 5 nitrogen and oxygen atoms in total. The van der Waals surface area contributed by atoms with Crippen molar-refractivity contribution in [1.82, 2.24) is 5.32 Å². The number of carbonyl (C=O) groups is 2. The molecule has 0 aliphatic heterocycles. The summed E-state index contributed by atoms with van der Waals surface area (Å²) >= 11 is 0. The number of halogens is 1. The van der Waals surface area contributed by atoms with Gasteiger partial charge in [0.2, 0.25) is 5.91 Å². The van der Waals surface area contributed by atoms with Crippen molar-refractivity contribution in [2.45, 2.75) is 33.4 Å². The fourth-order valence-electron chi connectivity index (χ4n) is 2.15. The molecular formula is C19H21FN2O3. The van der Waals surface area contributed by atoms with Crippen molar-refractivity contribution in [3.63, 3.8) is 0 Å². The van der Waals surface area contributed by atoms with Crippen LogP contribution < -0.4 is 15.4 Å². The first-order chi connectivity index (χ1) is 11.8. The van der Waals surface area contributed by atoms with E-state index in [9.17, 15) is 14.0 Å². The van der Waals surface area contributed by atoms with Crippen molar-refractivity contribution in [3.8, 4) is 5.75 Å². The molecule has 2 aromatic rings. The molecule has 132 valence electrons. The molecule has 2 aromatic carbocycles. The largest absolute Gasteiger partial charge is 0.489 e. The molecule has 6 heteroatoms. The lowest BCUT2D eigenvalue weighted by Gasteiger charge is -2.15. The monoisotopic (exact) mass is 344 g/mol. The smallest absolute Gasteiger partial charge is 0.255 e. The maximum Gasteiger partial charge on any atom is 0.255 e. The minimum Gasteiger partial charge on any atom is -0.489 e. The minimum absolute atomic E-state index is 0.103. The lowest BCUT2D eigenvalue weighted by molar-refractivity contribution is -0.119. The zero-order chi connectivity index (χ0) is 18.4. The van der Waals surface area contributed by atoms with Crippen LogP contribution in [-0.4, -0.2) is 17.9 Å². The average Bonchev–Trinajstić information content (AvgIpc) is 2.55. The number of hydrogen-bond acceptors (Lipinski definition) is 3. The molecular weight excluding hydrogens is 323 g/mol. The van der Waals surface area contributed by atoms with Crippen LogP contribution in [0.3, 0.4) is 0 Å². The van der Waals surface area contributed by atoms with Gasteiger partial charge in [-0.1, -0.05) is 12.1 Å². The predicted molar refractivity (Wildman–Crippen MR) is 94.1 cm³/mol. The number of ether oxygens (including phenoxy) is 1. The van der Waals surface area contributed by atoms with Crippen LogP contribution in [0.1, 0.15) is 36.7 Å². The highest BCUT2D eigenvalue weighted by molar-refractivity contribution is 6.05. The van der Waals surface area contributed by atoms with Gasteiger partial charge in [0, 0.05) is 25.1 Å². The summed E-state index contributed by atoms with van der Waals surface area (Å²) in [6.07, 6.45) is -0.103. The fourth-order valence-corrected chi connectivity index (χ4v) is 2.15. The molecule has 0 unspecified atom stereocenters. The van der Waals surface area contributed by atoms with Crippen LogP contribution in [0.25, 0.3) is 0 Å². The average molecular weight is 344 g/mol. The fraction of sp³-hybridized carbons (Fsp3) is 0.263. The lowest BCUT2D eigenvalue weighted by atomic mass is 10.1.